The van der Waals surface area contributed by atoms with Crippen molar-refractivity contribution in [2.24, 2.45) is 5.92 Å². The molecule has 0 saturated carbocycles. The van der Waals surface area contributed by atoms with Crippen LogP contribution >= 0.6 is 0 Å². The summed E-state index contributed by atoms with van der Waals surface area (Å²) in [6.07, 6.45) is 0.505. The zero-order valence-corrected chi connectivity index (χ0v) is 11.4. The average molecular weight is 240 g/mol. The fraction of sp³-hybridized carbons (Fsp3) is 0.846. The molecular formula is C13H24N2O2. The average Bonchev–Trinajstić information content (AvgIpc) is 2.30. The minimum Gasteiger partial charge on any atom is -0.338 e. The number of likely N-dealkylation sites (tertiary alicyclic amines) is 1. The Morgan fingerprint density at radius 1 is 1.35 bits per heavy atom. The van der Waals surface area contributed by atoms with E-state index in [-0.39, 0.29) is 23.7 Å². The lowest BCUT2D eigenvalue weighted by Crippen LogP contribution is -2.51. The quantitative estimate of drug-likeness (QED) is 0.740. The van der Waals surface area contributed by atoms with E-state index in [1.54, 1.807) is 0 Å². The Morgan fingerprint density at radius 3 is 2.47 bits per heavy atom. The van der Waals surface area contributed by atoms with Crippen molar-refractivity contribution in [3.63, 3.8) is 0 Å². The Hall–Kier alpha value is -0.900. The van der Waals surface area contributed by atoms with Gasteiger partial charge in [0.15, 0.2) is 0 Å². The number of likely N-dealkylation sites (N-methyl/N-ethyl adjacent to an activating group) is 1. The Morgan fingerprint density at radius 2 is 1.94 bits per heavy atom. The van der Waals surface area contributed by atoms with Gasteiger partial charge in [-0.05, 0) is 20.0 Å². The fourth-order valence-corrected chi connectivity index (χ4v) is 2.26. The van der Waals surface area contributed by atoms with Gasteiger partial charge in [-0.3, -0.25) is 14.5 Å². The van der Waals surface area contributed by atoms with E-state index in [4.69, 9.17) is 0 Å². The third-order valence-electron chi connectivity index (χ3n) is 3.62. The predicted octanol–water partition coefficient (Wildman–Crippen LogP) is 1.15. The molecule has 1 heterocycles. The van der Waals surface area contributed by atoms with Crippen LogP contribution in [0.5, 0.6) is 0 Å². The molecule has 0 N–H and O–H groups in total. The van der Waals surface area contributed by atoms with Crippen molar-refractivity contribution in [1.82, 2.24) is 9.80 Å². The standard InChI is InChI=1S/C13H24N2O2/c1-5-14(6-2)9-13(17)15-8-10(3)12(16)7-11(15)4/h10-11H,5-9H2,1-4H3. The molecule has 1 aliphatic heterocycles. The van der Waals surface area contributed by atoms with Crippen LogP contribution in [0.2, 0.25) is 0 Å². The van der Waals surface area contributed by atoms with Crippen molar-refractivity contribution < 1.29 is 9.59 Å². The third-order valence-corrected chi connectivity index (χ3v) is 3.62. The number of rotatable bonds is 4. The molecule has 98 valence electrons. The van der Waals surface area contributed by atoms with Gasteiger partial charge in [-0.1, -0.05) is 20.8 Å². The normalized spacial score (nSPS) is 25.5. The Labute approximate surface area is 104 Å². The van der Waals surface area contributed by atoms with Gasteiger partial charge in [0.05, 0.1) is 6.54 Å². The van der Waals surface area contributed by atoms with E-state index < -0.39 is 0 Å². The maximum absolute atomic E-state index is 12.2. The Kier molecular flexibility index (Phi) is 5.12. The lowest BCUT2D eigenvalue weighted by molar-refractivity contribution is -0.140. The van der Waals surface area contributed by atoms with Crippen molar-refractivity contribution in [3.8, 4) is 0 Å². The molecule has 0 bridgehead atoms. The molecule has 2 unspecified atom stereocenters. The fourth-order valence-electron chi connectivity index (χ4n) is 2.26. The van der Waals surface area contributed by atoms with E-state index >= 15 is 0 Å². The van der Waals surface area contributed by atoms with Crippen LogP contribution in [0, 0.1) is 5.92 Å². The van der Waals surface area contributed by atoms with Gasteiger partial charge in [0.25, 0.3) is 0 Å². The summed E-state index contributed by atoms with van der Waals surface area (Å²) in [4.78, 5) is 27.7. The second-order valence-electron chi connectivity index (χ2n) is 4.93. The molecule has 0 aromatic rings. The highest BCUT2D eigenvalue weighted by Gasteiger charge is 2.32. The lowest BCUT2D eigenvalue weighted by Gasteiger charge is -2.37. The summed E-state index contributed by atoms with van der Waals surface area (Å²) in [5, 5.41) is 0. The van der Waals surface area contributed by atoms with E-state index in [2.05, 4.69) is 18.7 Å². The van der Waals surface area contributed by atoms with Crippen molar-refractivity contribution in [2.45, 2.75) is 40.2 Å². The molecule has 0 aromatic carbocycles. The first-order valence-electron chi connectivity index (χ1n) is 6.54. The van der Waals surface area contributed by atoms with Gasteiger partial charge in [-0.15, -0.1) is 0 Å². The molecule has 1 aliphatic rings. The highest BCUT2D eigenvalue weighted by Crippen LogP contribution is 2.18. The highest BCUT2D eigenvalue weighted by atomic mass is 16.2. The first-order chi connectivity index (χ1) is 7.99. The first-order valence-corrected chi connectivity index (χ1v) is 6.54. The second kappa shape index (κ2) is 6.15. The summed E-state index contributed by atoms with van der Waals surface area (Å²) < 4.78 is 0. The lowest BCUT2D eigenvalue weighted by atomic mass is 9.93. The molecule has 0 aliphatic carbocycles. The van der Waals surface area contributed by atoms with Crippen LogP contribution in [-0.4, -0.2) is 53.7 Å². The van der Waals surface area contributed by atoms with Crippen molar-refractivity contribution in [3.05, 3.63) is 0 Å². The maximum Gasteiger partial charge on any atom is 0.237 e. The SMILES string of the molecule is CCN(CC)CC(=O)N1CC(C)C(=O)CC1C. The van der Waals surface area contributed by atoms with Crippen molar-refractivity contribution in [2.75, 3.05) is 26.2 Å². The smallest absolute Gasteiger partial charge is 0.237 e. The van der Waals surface area contributed by atoms with Crippen LogP contribution in [0.15, 0.2) is 0 Å². The minimum atomic E-state index is -0.00754. The predicted molar refractivity (Wildman–Crippen MR) is 67.8 cm³/mol. The molecule has 2 atom stereocenters. The molecule has 1 rings (SSSR count). The van der Waals surface area contributed by atoms with E-state index in [0.29, 0.717) is 19.5 Å². The summed E-state index contributed by atoms with van der Waals surface area (Å²) in [7, 11) is 0. The highest BCUT2D eigenvalue weighted by molar-refractivity contribution is 5.86. The topological polar surface area (TPSA) is 40.6 Å². The summed E-state index contributed by atoms with van der Waals surface area (Å²) in [5.74, 6) is 0.428. The largest absolute Gasteiger partial charge is 0.338 e. The first kappa shape index (κ1) is 14.2. The number of carbonyl (C=O) groups excluding carboxylic acids is 2. The zero-order chi connectivity index (χ0) is 13.0. The summed E-state index contributed by atoms with van der Waals surface area (Å²) in [6.45, 7) is 10.8. The molecule has 4 heteroatoms. The Balaban J connectivity index is 2.59. The van der Waals surface area contributed by atoms with Crippen LogP contribution in [0.1, 0.15) is 34.1 Å². The van der Waals surface area contributed by atoms with Gasteiger partial charge in [0.1, 0.15) is 5.78 Å². The number of nitrogens with zero attached hydrogens (tertiary/aromatic N) is 2. The number of hydrogen-bond acceptors (Lipinski definition) is 3. The van der Waals surface area contributed by atoms with Gasteiger partial charge in [-0.2, -0.15) is 0 Å². The van der Waals surface area contributed by atoms with Gasteiger partial charge in [0.2, 0.25) is 5.91 Å². The number of ketones is 1. The van der Waals surface area contributed by atoms with E-state index in [0.717, 1.165) is 13.1 Å². The van der Waals surface area contributed by atoms with E-state index in [1.807, 2.05) is 18.7 Å². The molecule has 0 radical (unpaired) electrons. The Bertz CT molecular complexity index is 287. The van der Waals surface area contributed by atoms with Gasteiger partial charge >= 0.3 is 0 Å². The summed E-state index contributed by atoms with van der Waals surface area (Å²) >= 11 is 0. The minimum absolute atomic E-state index is 0.00754. The molecule has 0 aromatic heterocycles. The van der Waals surface area contributed by atoms with Gasteiger partial charge in [0, 0.05) is 24.9 Å². The molecule has 0 spiro atoms. The van der Waals surface area contributed by atoms with Gasteiger partial charge < -0.3 is 4.90 Å². The maximum atomic E-state index is 12.2. The number of hydrogen-bond donors (Lipinski definition) is 0. The second-order valence-corrected chi connectivity index (χ2v) is 4.93. The molecule has 1 fully saturated rings. The monoisotopic (exact) mass is 240 g/mol. The number of Topliss-reactive ketones (excluding diaryl/α,β-unsaturated/α-hetero) is 1. The van der Waals surface area contributed by atoms with Crippen molar-refractivity contribution >= 4 is 11.7 Å². The van der Waals surface area contributed by atoms with E-state index in [9.17, 15) is 9.59 Å². The summed E-state index contributed by atoms with van der Waals surface area (Å²) in [5.41, 5.74) is 0. The van der Waals surface area contributed by atoms with Crippen LogP contribution in [0.4, 0.5) is 0 Å². The van der Waals surface area contributed by atoms with Crippen LogP contribution in [0.25, 0.3) is 0 Å². The summed E-state index contributed by atoms with van der Waals surface area (Å²) in [6, 6.07) is 0.0572. The van der Waals surface area contributed by atoms with Crippen LogP contribution < -0.4 is 0 Å². The van der Waals surface area contributed by atoms with Crippen molar-refractivity contribution in [1.29, 1.82) is 0 Å². The van der Waals surface area contributed by atoms with Crippen LogP contribution in [0.3, 0.4) is 0 Å². The molecule has 1 saturated heterocycles. The molecule has 4 nitrogen and oxygen atoms in total. The third kappa shape index (κ3) is 3.53. The zero-order valence-electron chi connectivity index (χ0n) is 11.4. The van der Waals surface area contributed by atoms with Gasteiger partial charge in [-0.25, -0.2) is 0 Å². The molecule has 17 heavy (non-hydrogen) atoms. The number of carbonyl (C=O) groups is 2. The molecular weight excluding hydrogens is 216 g/mol. The number of piperidine rings is 1. The van der Waals surface area contributed by atoms with E-state index in [1.165, 1.54) is 0 Å². The number of amides is 1. The van der Waals surface area contributed by atoms with Crippen LogP contribution in [-0.2, 0) is 9.59 Å². The molecule has 1 amide bonds.